The third-order valence-corrected chi connectivity index (χ3v) is 6.47. The third kappa shape index (κ3) is 4.40. The topological polar surface area (TPSA) is 26.7 Å². The van der Waals surface area contributed by atoms with Crippen molar-refractivity contribution in [2.75, 3.05) is 32.8 Å². The molecule has 3 fully saturated rings. The van der Waals surface area contributed by atoms with Crippen LogP contribution in [0.25, 0.3) is 0 Å². The Morgan fingerprint density at radius 2 is 1.85 bits per heavy atom. The molecule has 1 N–H and O–H groups in total. The minimum Gasteiger partial charge on any atom is -0.395 e. The first kappa shape index (κ1) is 19.0. The van der Waals surface area contributed by atoms with Crippen LogP contribution in [0.3, 0.4) is 0 Å². The first-order valence-corrected chi connectivity index (χ1v) is 10.9. The lowest BCUT2D eigenvalue weighted by atomic mass is 9.74. The quantitative estimate of drug-likeness (QED) is 0.828. The van der Waals surface area contributed by atoms with E-state index in [0.717, 1.165) is 24.6 Å². The fourth-order valence-electron chi connectivity index (χ4n) is 4.86. The van der Waals surface area contributed by atoms with Crippen LogP contribution in [0.5, 0.6) is 0 Å². The van der Waals surface area contributed by atoms with Crippen molar-refractivity contribution in [2.24, 2.45) is 11.8 Å². The van der Waals surface area contributed by atoms with E-state index in [1.807, 2.05) is 0 Å². The normalized spacial score (nSPS) is 29.3. The SMILES string of the molecule is CC(C)C#Cc1ccc([C@H]2[C@@H](CO)N3CCCCN(CC4CC4)C[C@H]23)cc1. The molecule has 1 aromatic carbocycles. The predicted molar refractivity (Wildman–Crippen MR) is 111 cm³/mol. The first-order valence-electron chi connectivity index (χ1n) is 10.9. The maximum absolute atomic E-state index is 10.1. The predicted octanol–water partition coefficient (Wildman–Crippen LogP) is 3.33. The number of rotatable bonds is 4. The van der Waals surface area contributed by atoms with Crippen molar-refractivity contribution < 1.29 is 5.11 Å². The maximum atomic E-state index is 10.1. The molecule has 3 atom stereocenters. The molecule has 2 aliphatic heterocycles. The highest BCUT2D eigenvalue weighted by atomic mass is 16.3. The van der Waals surface area contributed by atoms with E-state index in [2.05, 4.69) is 59.8 Å². The summed E-state index contributed by atoms with van der Waals surface area (Å²) >= 11 is 0. The molecule has 2 saturated heterocycles. The smallest absolute Gasteiger partial charge is 0.0593 e. The Balaban J connectivity index is 1.50. The number of fused-ring (bicyclic) bond motifs is 1. The Hall–Kier alpha value is -1.34. The zero-order valence-electron chi connectivity index (χ0n) is 16.9. The molecule has 146 valence electrons. The van der Waals surface area contributed by atoms with Crippen molar-refractivity contribution in [3.63, 3.8) is 0 Å². The van der Waals surface area contributed by atoms with E-state index in [1.54, 1.807) is 0 Å². The van der Waals surface area contributed by atoms with Crippen molar-refractivity contribution in [3.8, 4) is 11.8 Å². The molecule has 4 rings (SSSR count). The van der Waals surface area contributed by atoms with Crippen molar-refractivity contribution in [2.45, 2.75) is 57.5 Å². The Morgan fingerprint density at radius 1 is 1.11 bits per heavy atom. The number of aliphatic hydroxyl groups excluding tert-OH is 1. The van der Waals surface area contributed by atoms with Crippen LogP contribution in [0.2, 0.25) is 0 Å². The van der Waals surface area contributed by atoms with Crippen LogP contribution in [0.15, 0.2) is 24.3 Å². The van der Waals surface area contributed by atoms with Crippen molar-refractivity contribution in [1.29, 1.82) is 0 Å². The van der Waals surface area contributed by atoms with Crippen molar-refractivity contribution in [1.82, 2.24) is 9.80 Å². The Morgan fingerprint density at radius 3 is 2.52 bits per heavy atom. The van der Waals surface area contributed by atoms with Gasteiger partial charge in [0.1, 0.15) is 0 Å². The van der Waals surface area contributed by atoms with Crippen molar-refractivity contribution >= 4 is 0 Å². The van der Waals surface area contributed by atoms with E-state index in [-0.39, 0.29) is 12.6 Å². The van der Waals surface area contributed by atoms with Crippen LogP contribution < -0.4 is 0 Å². The van der Waals surface area contributed by atoms with Gasteiger partial charge in [-0.2, -0.15) is 0 Å². The van der Waals surface area contributed by atoms with Gasteiger partial charge in [-0.25, -0.2) is 0 Å². The van der Waals surface area contributed by atoms with Crippen LogP contribution in [-0.2, 0) is 0 Å². The Kier molecular flexibility index (Phi) is 5.88. The fraction of sp³-hybridized carbons (Fsp3) is 0.667. The maximum Gasteiger partial charge on any atom is 0.0593 e. The Labute approximate surface area is 164 Å². The Bertz CT molecular complexity index is 683. The zero-order chi connectivity index (χ0) is 18.8. The summed E-state index contributed by atoms with van der Waals surface area (Å²) < 4.78 is 0. The molecule has 0 radical (unpaired) electrons. The van der Waals surface area contributed by atoms with E-state index in [4.69, 9.17) is 0 Å². The summed E-state index contributed by atoms with van der Waals surface area (Å²) in [4.78, 5) is 5.29. The van der Waals surface area contributed by atoms with Gasteiger partial charge in [-0.05, 0) is 62.4 Å². The number of benzene rings is 1. The molecule has 1 saturated carbocycles. The lowest BCUT2D eigenvalue weighted by Crippen LogP contribution is -2.67. The molecule has 3 aliphatic rings. The van der Waals surface area contributed by atoms with Crippen LogP contribution in [0.1, 0.15) is 56.6 Å². The molecular formula is C24H34N2O. The highest BCUT2D eigenvalue weighted by Crippen LogP contribution is 2.42. The van der Waals surface area contributed by atoms with Gasteiger partial charge in [-0.15, -0.1) is 0 Å². The molecule has 0 spiro atoms. The lowest BCUT2D eigenvalue weighted by molar-refractivity contribution is -0.0649. The standard InChI is InChI=1S/C24H34N2O/c1-18(2)5-6-19-9-11-21(12-10-19)24-22-16-25(15-20-7-8-20)13-3-4-14-26(22)23(24)17-27/h9-12,18,20,22-24,27H,3-4,7-8,13-17H2,1-2H3/t22-,23-,24-/m1/s1. The molecule has 27 heavy (non-hydrogen) atoms. The average Bonchev–Trinajstić information content (AvgIpc) is 3.45. The molecule has 0 amide bonds. The van der Waals surface area contributed by atoms with Gasteiger partial charge >= 0.3 is 0 Å². The van der Waals surface area contributed by atoms with Crippen LogP contribution in [0.4, 0.5) is 0 Å². The number of hydrogen-bond acceptors (Lipinski definition) is 3. The zero-order valence-corrected chi connectivity index (χ0v) is 16.9. The van der Waals surface area contributed by atoms with Crippen LogP contribution in [0, 0.1) is 23.7 Å². The van der Waals surface area contributed by atoms with Crippen LogP contribution in [-0.4, -0.2) is 59.8 Å². The van der Waals surface area contributed by atoms with E-state index in [1.165, 1.54) is 44.3 Å². The summed E-state index contributed by atoms with van der Waals surface area (Å²) in [5, 5.41) is 10.1. The number of aliphatic hydroxyl groups is 1. The van der Waals surface area contributed by atoms with Gasteiger partial charge in [-0.3, -0.25) is 4.90 Å². The number of nitrogens with zero attached hydrogens (tertiary/aromatic N) is 2. The summed E-state index contributed by atoms with van der Waals surface area (Å²) in [7, 11) is 0. The summed E-state index contributed by atoms with van der Waals surface area (Å²) in [6.45, 7) is 9.34. The fourth-order valence-corrected chi connectivity index (χ4v) is 4.86. The second kappa shape index (κ2) is 8.35. The van der Waals surface area contributed by atoms with Gasteiger partial charge in [-0.1, -0.05) is 37.8 Å². The van der Waals surface area contributed by atoms with Crippen LogP contribution >= 0.6 is 0 Å². The molecule has 0 bridgehead atoms. The molecule has 1 aromatic rings. The molecule has 1 aliphatic carbocycles. The van der Waals surface area contributed by atoms with Gasteiger partial charge in [0, 0.05) is 42.6 Å². The molecule has 3 nitrogen and oxygen atoms in total. The minimum absolute atomic E-state index is 0.263. The summed E-state index contributed by atoms with van der Waals surface area (Å²) in [6, 6.07) is 9.65. The first-order chi connectivity index (χ1) is 13.2. The highest BCUT2D eigenvalue weighted by molar-refractivity contribution is 5.39. The van der Waals surface area contributed by atoms with Gasteiger partial charge in [0.25, 0.3) is 0 Å². The summed E-state index contributed by atoms with van der Waals surface area (Å²) in [6.07, 6.45) is 5.39. The van der Waals surface area contributed by atoms with E-state index in [9.17, 15) is 5.11 Å². The third-order valence-electron chi connectivity index (χ3n) is 6.47. The minimum atomic E-state index is 0.263. The van der Waals surface area contributed by atoms with Gasteiger partial charge in [0.15, 0.2) is 0 Å². The summed E-state index contributed by atoms with van der Waals surface area (Å²) in [5.41, 5.74) is 2.47. The molecular weight excluding hydrogens is 332 g/mol. The molecule has 3 heteroatoms. The molecule has 0 unspecified atom stereocenters. The molecule has 2 heterocycles. The molecule has 0 aromatic heterocycles. The monoisotopic (exact) mass is 366 g/mol. The second-order valence-electron chi connectivity index (χ2n) is 9.04. The number of hydrogen-bond donors (Lipinski definition) is 1. The second-order valence-corrected chi connectivity index (χ2v) is 9.04. The van der Waals surface area contributed by atoms with Gasteiger partial charge < -0.3 is 10.0 Å². The van der Waals surface area contributed by atoms with Crippen molar-refractivity contribution in [3.05, 3.63) is 35.4 Å². The van der Waals surface area contributed by atoms with Gasteiger partial charge in [0.2, 0.25) is 0 Å². The largest absolute Gasteiger partial charge is 0.395 e. The van der Waals surface area contributed by atoms with E-state index < -0.39 is 0 Å². The lowest BCUT2D eigenvalue weighted by Gasteiger charge is -2.57. The van der Waals surface area contributed by atoms with Gasteiger partial charge in [0.05, 0.1) is 6.61 Å². The van der Waals surface area contributed by atoms with E-state index in [0.29, 0.717) is 17.9 Å². The summed E-state index contributed by atoms with van der Waals surface area (Å²) in [5.74, 6) is 8.30. The average molecular weight is 367 g/mol. The van der Waals surface area contributed by atoms with E-state index >= 15 is 0 Å². The highest BCUT2D eigenvalue weighted by Gasteiger charge is 2.49.